The molecule has 0 saturated heterocycles. The molecule has 4 nitrogen and oxygen atoms in total. The lowest BCUT2D eigenvalue weighted by molar-refractivity contribution is 0.201. The summed E-state index contributed by atoms with van der Waals surface area (Å²) in [7, 11) is 0. The molecule has 0 radical (unpaired) electrons. The van der Waals surface area contributed by atoms with Crippen LogP contribution in [0.1, 0.15) is 20.3 Å². The highest BCUT2D eigenvalue weighted by atomic mass is 35.5. The van der Waals surface area contributed by atoms with Gasteiger partial charge in [0.2, 0.25) is 0 Å². The zero-order valence-corrected chi connectivity index (χ0v) is 14.1. The summed E-state index contributed by atoms with van der Waals surface area (Å²) in [4.78, 5) is 12.8. The quantitative estimate of drug-likeness (QED) is 0.507. The molecule has 1 aromatic rings. The Kier molecular flexibility index (Phi) is 7.93. The monoisotopic (exact) mass is 330 g/mol. The van der Waals surface area contributed by atoms with Crippen LogP contribution in [-0.2, 0) is 0 Å². The molecule has 2 amide bonds. The highest BCUT2D eigenvalue weighted by Gasteiger charge is 2.17. The number of nitrogens with one attached hydrogen (secondary N) is 2. The molecule has 0 aliphatic carbocycles. The summed E-state index contributed by atoms with van der Waals surface area (Å²) in [5, 5.41) is 15.3. The minimum atomic E-state index is -0.169. The van der Waals surface area contributed by atoms with Gasteiger partial charge in [-0.1, -0.05) is 25.4 Å². The summed E-state index contributed by atoms with van der Waals surface area (Å²) in [5.41, 5.74) is -0.0931. The molecule has 0 aliphatic rings. The maximum absolute atomic E-state index is 11.6. The Bertz CT molecular complexity index is 438. The topological polar surface area (TPSA) is 61.4 Å². The lowest BCUT2D eigenvalue weighted by Gasteiger charge is -2.23. The molecule has 21 heavy (non-hydrogen) atoms. The Morgan fingerprint density at radius 1 is 1.29 bits per heavy atom. The fraction of sp³-hybridized carbons (Fsp3) is 0.533. The lowest BCUT2D eigenvalue weighted by Crippen LogP contribution is -2.41. The van der Waals surface area contributed by atoms with Crippen molar-refractivity contribution in [3.05, 3.63) is 29.3 Å². The SMILES string of the molecule is CC(C)(CCO)CNC(=O)NCCSc1ccc(Cl)cc1. The summed E-state index contributed by atoms with van der Waals surface area (Å²) in [5.74, 6) is 0.801. The van der Waals surface area contributed by atoms with E-state index in [0.29, 0.717) is 19.5 Å². The van der Waals surface area contributed by atoms with Gasteiger partial charge in [0.15, 0.2) is 0 Å². The molecule has 0 bridgehead atoms. The number of amides is 2. The van der Waals surface area contributed by atoms with Gasteiger partial charge < -0.3 is 15.7 Å². The molecule has 0 heterocycles. The van der Waals surface area contributed by atoms with Gasteiger partial charge in [0.05, 0.1) is 0 Å². The van der Waals surface area contributed by atoms with Crippen LogP contribution in [0, 0.1) is 5.41 Å². The first-order valence-electron chi connectivity index (χ1n) is 6.94. The average molecular weight is 331 g/mol. The zero-order chi connectivity index (χ0) is 15.7. The molecule has 0 spiro atoms. The van der Waals surface area contributed by atoms with Gasteiger partial charge in [-0.3, -0.25) is 0 Å². The fourth-order valence-corrected chi connectivity index (χ4v) is 2.53. The molecule has 118 valence electrons. The first-order chi connectivity index (χ1) is 9.93. The van der Waals surface area contributed by atoms with Gasteiger partial charge in [-0.05, 0) is 36.1 Å². The standard InChI is InChI=1S/C15H23ClN2O2S/c1-15(2,7-9-19)11-18-14(20)17-8-10-21-13-5-3-12(16)4-6-13/h3-6,19H,7-11H2,1-2H3,(H2,17,18,20). The molecule has 1 aromatic carbocycles. The lowest BCUT2D eigenvalue weighted by atomic mass is 9.90. The van der Waals surface area contributed by atoms with Crippen molar-refractivity contribution >= 4 is 29.4 Å². The van der Waals surface area contributed by atoms with Crippen LogP contribution in [0.25, 0.3) is 0 Å². The Balaban J connectivity index is 2.15. The first-order valence-corrected chi connectivity index (χ1v) is 8.30. The highest BCUT2D eigenvalue weighted by Crippen LogP contribution is 2.19. The fourth-order valence-electron chi connectivity index (χ4n) is 1.64. The van der Waals surface area contributed by atoms with Crippen LogP contribution in [-0.4, -0.2) is 36.6 Å². The van der Waals surface area contributed by atoms with Crippen LogP contribution >= 0.6 is 23.4 Å². The van der Waals surface area contributed by atoms with Gasteiger partial charge in [0.1, 0.15) is 0 Å². The van der Waals surface area contributed by atoms with E-state index in [1.54, 1.807) is 11.8 Å². The van der Waals surface area contributed by atoms with Gasteiger partial charge in [-0.15, -0.1) is 11.8 Å². The molecule has 0 fully saturated rings. The molecule has 0 saturated carbocycles. The summed E-state index contributed by atoms with van der Waals surface area (Å²) in [6.07, 6.45) is 0.666. The molecule has 1 rings (SSSR count). The van der Waals surface area contributed by atoms with Crippen LogP contribution in [0.4, 0.5) is 4.79 Å². The summed E-state index contributed by atoms with van der Waals surface area (Å²) in [6.45, 7) is 5.30. The number of benzene rings is 1. The predicted molar refractivity (Wildman–Crippen MR) is 89.1 cm³/mol. The van der Waals surface area contributed by atoms with Crippen molar-refractivity contribution in [1.29, 1.82) is 0 Å². The van der Waals surface area contributed by atoms with Gasteiger partial charge in [-0.25, -0.2) is 4.79 Å². The zero-order valence-electron chi connectivity index (χ0n) is 12.5. The van der Waals surface area contributed by atoms with E-state index in [1.165, 1.54) is 0 Å². The van der Waals surface area contributed by atoms with Crippen LogP contribution in [0.3, 0.4) is 0 Å². The Morgan fingerprint density at radius 3 is 2.57 bits per heavy atom. The molecule has 0 atom stereocenters. The van der Waals surface area contributed by atoms with Crippen molar-refractivity contribution in [2.45, 2.75) is 25.2 Å². The number of rotatable bonds is 8. The number of urea groups is 1. The molecule has 6 heteroatoms. The number of carbonyl (C=O) groups is 1. The number of carbonyl (C=O) groups excluding carboxylic acids is 1. The van der Waals surface area contributed by atoms with Gasteiger partial charge >= 0.3 is 6.03 Å². The van der Waals surface area contributed by atoms with Crippen LogP contribution in [0.15, 0.2) is 29.2 Å². The van der Waals surface area contributed by atoms with Crippen molar-refractivity contribution in [3.63, 3.8) is 0 Å². The van der Waals surface area contributed by atoms with E-state index in [2.05, 4.69) is 10.6 Å². The normalized spacial score (nSPS) is 11.2. The third kappa shape index (κ3) is 8.19. The molecule has 0 aromatic heterocycles. The van der Waals surface area contributed by atoms with E-state index in [0.717, 1.165) is 15.7 Å². The molecule has 3 N–H and O–H groups in total. The van der Waals surface area contributed by atoms with Crippen molar-refractivity contribution < 1.29 is 9.90 Å². The second-order valence-electron chi connectivity index (χ2n) is 5.55. The summed E-state index contributed by atoms with van der Waals surface area (Å²) in [6, 6.07) is 7.47. The van der Waals surface area contributed by atoms with E-state index in [-0.39, 0.29) is 18.1 Å². The van der Waals surface area contributed by atoms with Crippen LogP contribution < -0.4 is 10.6 Å². The van der Waals surface area contributed by atoms with Crippen LogP contribution in [0.5, 0.6) is 0 Å². The van der Waals surface area contributed by atoms with E-state index in [1.807, 2.05) is 38.1 Å². The third-order valence-corrected chi connectivity index (χ3v) is 4.25. The second-order valence-corrected chi connectivity index (χ2v) is 7.15. The Hall–Kier alpha value is -0.910. The van der Waals surface area contributed by atoms with E-state index in [4.69, 9.17) is 16.7 Å². The highest BCUT2D eigenvalue weighted by molar-refractivity contribution is 7.99. The van der Waals surface area contributed by atoms with Crippen LogP contribution in [0.2, 0.25) is 5.02 Å². The number of aliphatic hydroxyl groups excluding tert-OH is 1. The van der Waals surface area contributed by atoms with Crippen molar-refractivity contribution in [2.24, 2.45) is 5.41 Å². The minimum absolute atomic E-state index is 0.0931. The van der Waals surface area contributed by atoms with Crippen molar-refractivity contribution in [2.75, 3.05) is 25.4 Å². The first kappa shape index (κ1) is 18.1. The predicted octanol–water partition coefficient (Wildman–Crippen LogP) is 3.14. The molecular weight excluding hydrogens is 308 g/mol. The van der Waals surface area contributed by atoms with E-state index >= 15 is 0 Å². The van der Waals surface area contributed by atoms with Gasteiger partial charge in [0, 0.05) is 35.4 Å². The molecule has 0 aliphatic heterocycles. The van der Waals surface area contributed by atoms with Gasteiger partial charge in [-0.2, -0.15) is 0 Å². The molecule has 0 unspecified atom stereocenters. The smallest absolute Gasteiger partial charge is 0.314 e. The summed E-state index contributed by atoms with van der Waals surface area (Å²) >= 11 is 7.49. The second kappa shape index (κ2) is 9.18. The average Bonchev–Trinajstić information content (AvgIpc) is 2.43. The van der Waals surface area contributed by atoms with Crippen molar-refractivity contribution in [3.8, 4) is 0 Å². The van der Waals surface area contributed by atoms with Gasteiger partial charge in [0.25, 0.3) is 0 Å². The number of hydrogen-bond acceptors (Lipinski definition) is 3. The van der Waals surface area contributed by atoms with E-state index < -0.39 is 0 Å². The van der Waals surface area contributed by atoms with E-state index in [9.17, 15) is 4.79 Å². The van der Waals surface area contributed by atoms with Crippen molar-refractivity contribution in [1.82, 2.24) is 10.6 Å². The maximum Gasteiger partial charge on any atom is 0.314 e. The number of aliphatic hydroxyl groups is 1. The Morgan fingerprint density at radius 2 is 1.95 bits per heavy atom. The molecular formula is C15H23ClN2O2S. The number of hydrogen-bond donors (Lipinski definition) is 3. The third-order valence-electron chi connectivity index (χ3n) is 2.99. The number of halogens is 1. The minimum Gasteiger partial charge on any atom is -0.396 e. The largest absolute Gasteiger partial charge is 0.396 e. The summed E-state index contributed by atoms with van der Waals surface area (Å²) < 4.78 is 0. The Labute approximate surface area is 135 Å². The maximum atomic E-state index is 11.6. The number of thioether (sulfide) groups is 1.